The summed E-state index contributed by atoms with van der Waals surface area (Å²) in [5.74, 6) is 1.19. The van der Waals surface area contributed by atoms with Crippen LogP contribution in [-0.2, 0) is 0 Å². The Labute approximate surface area is 102 Å². The van der Waals surface area contributed by atoms with Gasteiger partial charge in [-0.15, -0.1) is 11.8 Å². The van der Waals surface area contributed by atoms with E-state index in [9.17, 15) is 0 Å². The van der Waals surface area contributed by atoms with Crippen LogP contribution in [-0.4, -0.2) is 35.3 Å². The van der Waals surface area contributed by atoms with Crippen LogP contribution in [0.2, 0.25) is 0 Å². The number of hydrogen-bond donors (Lipinski definition) is 0. The second-order valence-electron chi connectivity index (χ2n) is 4.27. The first-order valence-electron chi connectivity index (χ1n) is 6.21. The summed E-state index contributed by atoms with van der Waals surface area (Å²) in [6.07, 6.45) is 7.37. The maximum atomic E-state index is 4.31. The van der Waals surface area contributed by atoms with E-state index in [4.69, 9.17) is 0 Å². The molecule has 16 heavy (non-hydrogen) atoms. The number of hydrogen-bond acceptors (Lipinski definition) is 3. The third-order valence-corrected chi connectivity index (χ3v) is 3.99. The zero-order valence-corrected chi connectivity index (χ0v) is 10.6. The summed E-state index contributed by atoms with van der Waals surface area (Å²) in [5, 5.41) is 1.15. The maximum absolute atomic E-state index is 4.31. The van der Waals surface area contributed by atoms with E-state index in [0.29, 0.717) is 0 Å². The van der Waals surface area contributed by atoms with Gasteiger partial charge in [0, 0.05) is 11.9 Å². The monoisotopic (exact) mass is 236 g/mol. The molecule has 1 saturated heterocycles. The number of nitrogens with zero attached hydrogens (tertiary/aromatic N) is 2. The van der Waals surface area contributed by atoms with Crippen LogP contribution in [0.4, 0.5) is 0 Å². The topological polar surface area (TPSA) is 16.1 Å². The summed E-state index contributed by atoms with van der Waals surface area (Å²) < 4.78 is 0. The molecule has 0 spiro atoms. The van der Waals surface area contributed by atoms with Gasteiger partial charge in [-0.1, -0.05) is 12.5 Å². The van der Waals surface area contributed by atoms with Crippen molar-refractivity contribution in [3.63, 3.8) is 0 Å². The molecule has 0 amide bonds. The van der Waals surface area contributed by atoms with Crippen LogP contribution in [0.3, 0.4) is 0 Å². The minimum atomic E-state index is 1.15. The molecule has 0 radical (unpaired) electrons. The normalized spacial score (nSPS) is 17.5. The molecule has 1 aliphatic rings. The molecule has 1 fully saturated rings. The first-order valence-corrected chi connectivity index (χ1v) is 7.20. The second kappa shape index (κ2) is 6.92. The Morgan fingerprint density at radius 3 is 2.81 bits per heavy atom. The summed E-state index contributed by atoms with van der Waals surface area (Å²) in [6.45, 7) is 3.89. The molecule has 2 heterocycles. The lowest BCUT2D eigenvalue weighted by Gasteiger charge is -2.26. The maximum Gasteiger partial charge on any atom is 0.0959 e. The first kappa shape index (κ1) is 11.9. The summed E-state index contributed by atoms with van der Waals surface area (Å²) in [7, 11) is 0. The van der Waals surface area contributed by atoms with Crippen LogP contribution < -0.4 is 0 Å². The summed E-state index contributed by atoms with van der Waals surface area (Å²) >= 11 is 1.87. The fourth-order valence-electron chi connectivity index (χ4n) is 2.08. The molecule has 0 saturated carbocycles. The van der Waals surface area contributed by atoms with Gasteiger partial charge in [-0.05, 0) is 51.0 Å². The standard InChI is InChI=1S/C13H20N2S/c1-4-9-15(10-5-1)11-6-12-16-13-7-2-3-8-14-13/h2-3,7-8H,1,4-6,9-12H2. The van der Waals surface area contributed by atoms with Crippen molar-refractivity contribution in [2.45, 2.75) is 30.7 Å². The van der Waals surface area contributed by atoms with Crippen molar-refractivity contribution < 1.29 is 0 Å². The minimum absolute atomic E-state index is 1.15. The number of aromatic nitrogens is 1. The highest BCUT2D eigenvalue weighted by Crippen LogP contribution is 2.16. The van der Waals surface area contributed by atoms with Gasteiger partial charge in [0.2, 0.25) is 0 Å². The lowest BCUT2D eigenvalue weighted by Crippen LogP contribution is -2.30. The molecule has 0 bridgehead atoms. The smallest absolute Gasteiger partial charge is 0.0959 e. The van der Waals surface area contributed by atoms with Gasteiger partial charge in [0.05, 0.1) is 5.03 Å². The van der Waals surface area contributed by atoms with E-state index in [1.165, 1.54) is 51.1 Å². The van der Waals surface area contributed by atoms with Crippen molar-refractivity contribution in [1.29, 1.82) is 0 Å². The Bertz CT molecular complexity index is 283. The summed E-state index contributed by atoms with van der Waals surface area (Å²) in [6, 6.07) is 6.11. The van der Waals surface area contributed by atoms with Crippen LogP contribution in [0.5, 0.6) is 0 Å². The van der Waals surface area contributed by atoms with Gasteiger partial charge in [-0.25, -0.2) is 4.98 Å². The van der Waals surface area contributed by atoms with Gasteiger partial charge in [0.15, 0.2) is 0 Å². The molecule has 0 N–H and O–H groups in total. The number of thioether (sulfide) groups is 1. The zero-order valence-electron chi connectivity index (χ0n) is 9.77. The van der Waals surface area contributed by atoms with E-state index in [-0.39, 0.29) is 0 Å². The molecule has 0 atom stereocenters. The van der Waals surface area contributed by atoms with E-state index in [2.05, 4.69) is 22.0 Å². The molecule has 2 rings (SSSR count). The summed E-state index contributed by atoms with van der Waals surface area (Å²) in [4.78, 5) is 6.91. The van der Waals surface area contributed by atoms with Crippen LogP contribution in [0, 0.1) is 0 Å². The molecule has 1 aliphatic heterocycles. The van der Waals surface area contributed by atoms with Crippen molar-refractivity contribution in [1.82, 2.24) is 9.88 Å². The Kier molecular flexibility index (Phi) is 5.16. The fraction of sp³-hybridized carbons (Fsp3) is 0.615. The predicted octanol–water partition coefficient (Wildman–Crippen LogP) is 3.05. The highest BCUT2D eigenvalue weighted by Gasteiger charge is 2.08. The lowest BCUT2D eigenvalue weighted by atomic mass is 10.1. The van der Waals surface area contributed by atoms with Crippen LogP contribution >= 0.6 is 11.8 Å². The number of piperidine rings is 1. The highest BCUT2D eigenvalue weighted by atomic mass is 32.2. The van der Waals surface area contributed by atoms with E-state index in [1.807, 2.05) is 24.0 Å². The van der Waals surface area contributed by atoms with E-state index in [0.717, 1.165) is 5.03 Å². The van der Waals surface area contributed by atoms with Gasteiger partial charge < -0.3 is 4.90 Å². The molecule has 2 nitrogen and oxygen atoms in total. The molecule has 1 aromatic heterocycles. The number of pyridine rings is 1. The molecular weight excluding hydrogens is 216 g/mol. The van der Waals surface area contributed by atoms with Gasteiger partial charge in [0.25, 0.3) is 0 Å². The van der Waals surface area contributed by atoms with E-state index >= 15 is 0 Å². The van der Waals surface area contributed by atoms with Gasteiger partial charge in [-0.2, -0.15) is 0 Å². The van der Waals surface area contributed by atoms with Gasteiger partial charge in [-0.3, -0.25) is 0 Å². The van der Waals surface area contributed by atoms with Crippen molar-refractivity contribution in [2.75, 3.05) is 25.4 Å². The number of rotatable bonds is 5. The molecule has 3 heteroatoms. The average Bonchev–Trinajstić information content (AvgIpc) is 2.37. The SMILES string of the molecule is c1ccc(SCCCN2CCCCC2)nc1. The third-order valence-electron chi connectivity index (χ3n) is 2.96. The Morgan fingerprint density at radius 1 is 1.19 bits per heavy atom. The van der Waals surface area contributed by atoms with Crippen molar-refractivity contribution in [3.8, 4) is 0 Å². The van der Waals surface area contributed by atoms with Crippen molar-refractivity contribution >= 4 is 11.8 Å². The average molecular weight is 236 g/mol. The van der Waals surface area contributed by atoms with Crippen LogP contribution in [0.1, 0.15) is 25.7 Å². The lowest BCUT2D eigenvalue weighted by molar-refractivity contribution is 0.230. The van der Waals surface area contributed by atoms with Crippen LogP contribution in [0.15, 0.2) is 29.4 Å². The quantitative estimate of drug-likeness (QED) is 0.577. The summed E-state index contributed by atoms with van der Waals surface area (Å²) in [5.41, 5.74) is 0. The third kappa shape index (κ3) is 4.14. The molecule has 88 valence electrons. The van der Waals surface area contributed by atoms with Gasteiger partial charge in [0.1, 0.15) is 0 Å². The van der Waals surface area contributed by atoms with Crippen molar-refractivity contribution in [2.24, 2.45) is 0 Å². The van der Waals surface area contributed by atoms with Gasteiger partial charge >= 0.3 is 0 Å². The van der Waals surface area contributed by atoms with E-state index in [1.54, 1.807) is 0 Å². The Hall–Kier alpha value is -0.540. The predicted molar refractivity (Wildman–Crippen MR) is 69.9 cm³/mol. The largest absolute Gasteiger partial charge is 0.303 e. The molecule has 0 unspecified atom stereocenters. The Morgan fingerprint density at radius 2 is 2.06 bits per heavy atom. The number of likely N-dealkylation sites (tertiary alicyclic amines) is 1. The minimum Gasteiger partial charge on any atom is -0.303 e. The Balaban J connectivity index is 1.58. The van der Waals surface area contributed by atoms with Crippen LogP contribution in [0.25, 0.3) is 0 Å². The molecule has 1 aromatic rings. The molecular formula is C13H20N2S. The van der Waals surface area contributed by atoms with Crippen molar-refractivity contribution in [3.05, 3.63) is 24.4 Å². The zero-order chi connectivity index (χ0) is 11.1. The fourth-order valence-corrected chi connectivity index (χ4v) is 2.87. The molecule has 0 aliphatic carbocycles. The van der Waals surface area contributed by atoms with E-state index < -0.39 is 0 Å². The first-order chi connectivity index (χ1) is 7.95. The molecule has 0 aromatic carbocycles. The second-order valence-corrected chi connectivity index (χ2v) is 5.39. The highest BCUT2D eigenvalue weighted by molar-refractivity contribution is 7.99.